The van der Waals surface area contributed by atoms with Crippen molar-refractivity contribution in [3.63, 3.8) is 0 Å². The molecule has 1 aliphatic carbocycles. The van der Waals surface area contributed by atoms with Crippen molar-refractivity contribution in [2.75, 3.05) is 0 Å². The zero-order valence-electron chi connectivity index (χ0n) is 9.30. The van der Waals surface area contributed by atoms with Crippen molar-refractivity contribution >= 4 is 11.8 Å². The molecule has 4 nitrogen and oxygen atoms in total. The van der Waals surface area contributed by atoms with Crippen LogP contribution in [0.25, 0.3) is 0 Å². The van der Waals surface area contributed by atoms with E-state index in [-0.39, 0.29) is 12.2 Å². The van der Waals surface area contributed by atoms with Gasteiger partial charge >= 0.3 is 5.97 Å². The van der Waals surface area contributed by atoms with Crippen LogP contribution in [0.2, 0.25) is 0 Å². The van der Waals surface area contributed by atoms with Crippen LogP contribution >= 0.6 is 0 Å². The van der Waals surface area contributed by atoms with Crippen LogP contribution in [0, 0.1) is 0 Å². The number of aliphatic hydroxyl groups is 1. The molecule has 0 bridgehead atoms. The topological polar surface area (TPSA) is 74.6 Å². The van der Waals surface area contributed by atoms with Gasteiger partial charge in [-0.05, 0) is 12.0 Å². The van der Waals surface area contributed by atoms with Gasteiger partial charge in [0.2, 0.25) is 0 Å². The number of aliphatic carboxylic acids is 1. The van der Waals surface area contributed by atoms with Crippen molar-refractivity contribution < 1.29 is 19.8 Å². The first-order chi connectivity index (χ1) is 8.04. The number of Topliss-reactive ketones (excluding diaryl/α,β-unsaturated/α-hetero) is 1. The summed E-state index contributed by atoms with van der Waals surface area (Å²) in [6.45, 7) is 0. The summed E-state index contributed by atoms with van der Waals surface area (Å²) in [6.07, 6.45) is 0.405. The molecule has 1 aromatic carbocycles. The molecular weight excluding hydrogens is 220 g/mol. The SMILES string of the molecule is O=C1CC[C@H](c2ccccc2)[C@@](O)(C(=O)O)C1. The normalized spacial score (nSPS) is 29.0. The van der Waals surface area contributed by atoms with E-state index < -0.39 is 17.5 Å². The van der Waals surface area contributed by atoms with Crippen LogP contribution in [-0.4, -0.2) is 27.6 Å². The van der Waals surface area contributed by atoms with E-state index in [1.165, 1.54) is 0 Å². The molecule has 0 saturated heterocycles. The Balaban J connectivity index is 2.38. The summed E-state index contributed by atoms with van der Waals surface area (Å²) in [7, 11) is 0. The van der Waals surface area contributed by atoms with Crippen LogP contribution < -0.4 is 0 Å². The second-order valence-electron chi connectivity index (χ2n) is 4.45. The highest BCUT2D eigenvalue weighted by Crippen LogP contribution is 2.39. The van der Waals surface area contributed by atoms with E-state index in [4.69, 9.17) is 5.11 Å². The Hall–Kier alpha value is -1.68. The Morgan fingerprint density at radius 3 is 2.53 bits per heavy atom. The summed E-state index contributed by atoms with van der Waals surface area (Å²) in [5.41, 5.74) is -1.19. The smallest absolute Gasteiger partial charge is 0.336 e. The molecule has 0 aliphatic heterocycles. The first-order valence-electron chi connectivity index (χ1n) is 5.56. The lowest BCUT2D eigenvalue weighted by molar-refractivity contribution is -0.167. The lowest BCUT2D eigenvalue weighted by Crippen LogP contribution is -2.49. The highest BCUT2D eigenvalue weighted by molar-refractivity contribution is 5.90. The summed E-state index contributed by atoms with van der Waals surface area (Å²) < 4.78 is 0. The molecule has 17 heavy (non-hydrogen) atoms. The largest absolute Gasteiger partial charge is 0.479 e. The molecule has 1 saturated carbocycles. The highest BCUT2D eigenvalue weighted by Gasteiger charge is 2.48. The van der Waals surface area contributed by atoms with Gasteiger partial charge in [-0.2, -0.15) is 0 Å². The van der Waals surface area contributed by atoms with E-state index in [9.17, 15) is 14.7 Å². The number of carbonyl (C=O) groups excluding carboxylic acids is 1. The number of hydrogen-bond acceptors (Lipinski definition) is 3. The average Bonchev–Trinajstić information content (AvgIpc) is 2.30. The second kappa shape index (κ2) is 4.30. The molecule has 2 N–H and O–H groups in total. The minimum absolute atomic E-state index is 0.193. The van der Waals surface area contributed by atoms with E-state index in [2.05, 4.69) is 0 Å². The summed E-state index contributed by atoms with van der Waals surface area (Å²) in [4.78, 5) is 22.5. The Bertz CT molecular complexity index is 440. The van der Waals surface area contributed by atoms with Gasteiger partial charge in [0.25, 0.3) is 0 Å². The maximum atomic E-state index is 11.3. The van der Waals surface area contributed by atoms with Crippen LogP contribution in [0.3, 0.4) is 0 Å². The van der Waals surface area contributed by atoms with Gasteiger partial charge in [-0.3, -0.25) is 4.79 Å². The quantitative estimate of drug-likeness (QED) is 0.809. The van der Waals surface area contributed by atoms with Crippen LogP contribution in [0.4, 0.5) is 0 Å². The van der Waals surface area contributed by atoms with E-state index in [0.29, 0.717) is 12.8 Å². The molecule has 0 spiro atoms. The van der Waals surface area contributed by atoms with E-state index in [0.717, 1.165) is 5.56 Å². The fourth-order valence-corrected chi connectivity index (χ4v) is 2.41. The number of carboxylic acids is 1. The predicted molar refractivity (Wildman–Crippen MR) is 60.6 cm³/mol. The van der Waals surface area contributed by atoms with Gasteiger partial charge in [-0.15, -0.1) is 0 Å². The lowest BCUT2D eigenvalue weighted by atomic mass is 9.71. The molecule has 1 aliphatic rings. The molecule has 2 rings (SSSR count). The molecule has 2 atom stereocenters. The number of hydrogen-bond donors (Lipinski definition) is 2. The van der Waals surface area contributed by atoms with Crippen molar-refractivity contribution in [1.29, 1.82) is 0 Å². The Labute approximate surface area is 98.9 Å². The number of carbonyl (C=O) groups is 2. The van der Waals surface area contributed by atoms with Gasteiger partial charge in [0.15, 0.2) is 5.60 Å². The Kier molecular flexibility index (Phi) is 2.98. The third-order valence-electron chi connectivity index (χ3n) is 3.33. The van der Waals surface area contributed by atoms with Crippen molar-refractivity contribution in [3.05, 3.63) is 35.9 Å². The highest BCUT2D eigenvalue weighted by atomic mass is 16.4. The standard InChI is InChI=1S/C13H14O4/c14-10-6-7-11(9-4-2-1-3-5-9)13(17,8-10)12(15)16/h1-5,11,17H,6-8H2,(H,15,16)/t11-,13-/m1/s1. The molecule has 0 aromatic heterocycles. The predicted octanol–water partition coefficient (Wildman–Crippen LogP) is 1.34. The van der Waals surface area contributed by atoms with Gasteiger partial charge in [0.05, 0.1) is 0 Å². The van der Waals surface area contributed by atoms with E-state index >= 15 is 0 Å². The number of carboxylic acid groups (broad SMARTS) is 1. The number of ketones is 1. The fourth-order valence-electron chi connectivity index (χ4n) is 2.41. The second-order valence-corrected chi connectivity index (χ2v) is 4.45. The van der Waals surface area contributed by atoms with Crippen molar-refractivity contribution in [2.45, 2.75) is 30.8 Å². The zero-order chi connectivity index (χ0) is 12.5. The summed E-state index contributed by atoms with van der Waals surface area (Å²) in [6, 6.07) is 9.00. The average molecular weight is 234 g/mol. The number of benzene rings is 1. The summed E-state index contributed by atoms with van der Waals surface area (Å²) in [5.74, 6) is -2.03. The van der Waals surface area contributed by atoms with Gasteiger partial charge in [-0.25, -0.2) is 4.79 Å². The maximum absolute atomic E-state index is 11.3. The zero-order valence-corrected chi connectivity index (χ0v) is 9.30. The van der Waals surface area contributed by atoms with Gasteiger partial charge < -0.3 is 10.2 Å². The molecule has 0 unspecified atom stereocenters. The fraction of sp³-hybridized carbons (Fsp3) is 0.385. The molecule has 1 fully saturated rings. The van der Waals surface area contributed by atoms with Crippen LogP contribution in [0.15, 0.2) is 30.3 Å². The third-order valence-corrected chi connectivity index (χ3v) is 3.33. The molecular formula is C13H14O4. The summed E-state index contributed by atoms with van der Waals surface area (Å²) >= 11 is 0. The molecule has 90 valence electrons. The van der Waals surface area contributed by atoms with Crippen LogP contribution in [0.1, 0.15) is 30.7 Å². The van der Waals surface area contributed by atoms with E-state index in [1.54, 1.807) is 24.3 Å². The van der Waals surface area contributed by atoms with E-state index in [1.807, 2.05) is 6.07 Å². The van der Waals surface area contributed by atoms with Gasteiger partial charge in [-0.1, -0.05) is 30.3 Å². The summed E-state index contributed by atoms with van der Waals surface area (Å²) in [5, 5.41) is 19.4. The molecule has 0 radical (unpaired) electrons. The van der Waals surface area contributed by atoms with Crippen LogP contribution in [-0.2, 0) is 9.59 Å². The maximum Gasteiger partial charge on any atom is 0.336 e. The molecule has 1 aromatic rings. The van der Waals surface area contributed by atoms with Crippen molar-refractivity contribution in [1.82, 2.24) is 0 Å². The number of rotatable bonds is 2. The first-order valence-corrected chi connectivity index (χ1v) is 5.56. The molecule has 0 amide bonds. The third kappa shape index (κ3) is 2.08. The Morgan fingerprint density at radius 2 is 1.94 bits per heavy atom. The lowest BCUT2D eigenvalue weighted by Gasteiger charge is -2.35. The molecule has 0 heterocycles. The monoisotopic (exact) mass is 234 g/mol. The Morgan fingerprint density at radius 1 is 1.29 bits per heavy atom. The van der Waals surface area contributed by atoms with Crippen LogP contribution in [0.5, 0.6) is 0 Å². The molecule has 4 heteroatoms. The van der Waals surface area contributed by atoms with Crippen molar-refractivity contribution in [3.8, 4) is 0 Å². The minimum Gasteiger partial charge on any atom is -0.479 e. The minimum atomic E-state index is -1.96. The van der Waals surface area contributed by atoms with Gasteiger partial charge in [0, 0.05) is 18.8 Å². The first kappa shape index (κ1) is 11.8. The van der Waals surface area contributed by atoms with Gasteiger partial charge in [0.1, 0.15) is 5.78 Å². The van der Waals surface area contributed by atoms with Crippen molar-refractivity contribution in [2.24, 2.45) is 0 Å².